The van der Waals surface area contributed by atoms with Crippen LogP contribution in [0.4, 0.5) is 11.4 Å². The van der Waals surface area contributed by atoms with E-state index in [0.717, 1.165) is 0 Å². The van der Waals surface area contributed by atoms with E-state index in [2.05, 4.69) is 10.6 Å². The Hall–Kier alpha value is -2.08. The average Bonchev–Trinajstić information content (AvgIpc) is 2.46. The number of carbonyl (C=O) groups is 2. The molecule has 0 fully saturated rings. The van der Waals surface area contributed by atoms with Gasteiger partial charge in [0.2, 0.25) is 11.8 Å². The molecule has 110 valence electrons. The van der Waals surface area contributed by atoms with Gasteiger partial charge in [0.05, 0.1) is 24.0 Å². The molecule has 0 heterocycles. The van der Waals surface area contributed by atoms with E-state index in [1.54, 1.807) is 43.1 Å². The van der Waals surface area contributed by atoms with Crippen LogP contribution in [-0.2, 0) is 9.59 Å². The summed E-state index contributed by atoms with van der Waals surface area (Å²) < 4.78 is 0. The molecule has 1 aromatic rings. The Morgan fingerprint density at radius 3 is 2.55 bits per heavy atom. The van der Waals surface area contributed by atoms with Crippen LogP contribution in [0.2, 0.25) is 0 Å². The van der Waals surface area contributed by atoms with E-state index in [1.165, 1.54) is 0 Å². The van der Waals surface area contributed by atoms with Crippen molar-refractivity contribution in [2.75, 3.05) is 31.2 Å². The fourth-order valence-corrected chi connectivity index (χ4v) is 1.80. The molecule has 1 aromatic carbocycles. The van der Waals surface area contributed by atoms with Crippen molar-refractivity contribution in [3.63, 3.8) is 0 Å². The Kier molecular flexibility index (Phi) is 5.99. The van der Waals surface area contributed by atoms with Gasteiger partial charge in [0.1, 0.15) is 0 Å². The quantitative estimate of drug-likeness (QED) is 0.667. The molecule has 1 unspecified atom stereocenters. The largest absolute Gasteiger partial charge is 0.397 e. The van der Waals surface area contributed by atoms with Crippen LogP contribution in [0, 0.1) is 0 Å². The number of amides is 2. The van der Waals surface area contributed by atoms with Gasteiger partial charge in [-0.25, -0.2) is 0 Å². The SMILES string of the molecule is CCN(CC(=O)NC)C(C)C(=O)Nc1ccccc1N. The van der Waals surface area contributed by atoms with Gasteiger partial charge in [0, 0.05) is 7.05 Å². The lowest BCUT2D eigenvalue weighted by Crippen LogP contribution is -2.46. The Morgan fingerprint density at radius 2 is 2.00 bits per heavy atom. The fourth-order valence-electron chi connectivity index (χ4n) is 1.80. The summed E-state index contributed by atoms with van der Waals surface area (Å²) in [6, 6.07) is 6.66. The van der Waals surface area contributed by atoms with Gasteiger partial charge in [0.25, 0.3) is 0 Å². The molecule has 20 heavy (non-hydrogen) atoms. The number of hydrogen-bond donors (Lipinski definition) is 3. The molecule has 1 rings (SSSR count). The van der Waals surface area contributed by atoms with Gasteiger partial charge < -0.3 is 16.4 Å². The lowest BCUT2D eigenvalue weighted by Gasteiger charge is -2.26. The van der Waals surface area contributed by atoms with E-state index >= 15 is 0 Å². The number of carbonyl (C=O) groups excluding carboxylic acids is 2. The summed E-state index contributed by atoms with van der Waals surface area (Å²) in [6.07, 6.45) is 0. The summed E-state index contributed by atoms with van der Waals surface area (Å²) >= 11 is 0. The zero-order chi connectivity index (χ0) is 15.1. The van der Waals surface area contributed by atoms with Crippen molar-refractivity contribution >= 4 is 23.2 Å². The first kappa shape index (κ1) is 16.0. The van der Waals surface area contributed by atoms with Crippen LogP contribution in [0.5, 0.6) is 0 Å². The van der Waals surface area contributed by atoms with Gasteiger partial charge in [-0.2, -0.15) is 0 Å². The minimum Gasteiger partial charge on any atom is -0.397 e. The topological polar surface area (TPSA) is 87.5 Å². The third-order valence-electron chi connectivity index (χ3n) is 3.18. The minimum atomic E-state index is -0.420. The van der Waals surface area contributed by atoms with Crippen LogP contribution >= 0.6 is 0 Å². The Balaban J connectivity index is 2.70. The maximum absolute atomic E-state index is 12.2. The monoisotopic (exact) mass is 278 g/mol. The summed E-state index contributed by atoms with van der Waals surface area (Å²) in [5.74, 6) is -0.306. The molecular formula is C14H22N4O2. The number of benzene rings is 1. The number of anilines is 2. The Morgan fingerprint density at radius 1 is 1.35 bits per heavy atom. The van der Waals surface area contributed by atoms with Gasteiger partial charge in [-0.3, -0.25) is 14.5 Å². The molecule has 6 heteroatoms. The summed E-state index contributed by atoms with van der Waals surface area (Å²) in [5.41, 5.74) is 6.89. The molecular weight excluding hydrogens is 256 g/mol. The molecule has 0 radical (unpaired) electrons. The molecule has 0 aliphatic heterocycles. The first-order valence-corrected chi connectivity index (χ1v) is 6.59. The van der Waals surface area contributed by atoms with E-state index in [0.29, 0.717) is 17.9 Å². The van der Waals surface area contributed by atoms with Crippen molar-refractivity contribution < 1.29 is 9.59 Å². The molecule has 6 nitrogen and oxygen atoms in total. The molecule has 0 bridgehead atoms. The van der Waals surface area contributed by atoms with Crippen molar-refractivity contribution in [1.82, 2.24) is 10.2 Å². The summed E-state index contributed by atoms with van der Waals surface area (Å²) in [4.78, 5) is 25.4. The maximum atomic E-state index is 12.2. The number of nitrogens with one attached hydrogen (secondary N) is 2. The number of nitrogen functional groups attached to an aromatic ring is 1. The smallest absolute Gasteiger partial charge is 0.241 e. The van der Waals surface area contributed by atoms with E-state index in [4.69, 9.17) is 5.73 Å². The summed E-state index contributed by atoms with van der Waals surface area (Å²) in [5, 5.41) is 5.33. The second-order valence-electron chi connectivity index (χ2n) is 4.49. The molecule has 0 aliphatic rings. The van der Waals surface area contributed by atoms with Crippen molar-refractivity contribution in [2.24, 2.45) is 0 Å². The van der Waals surface area contributed by atoms with Gasteiger partial charge in [-0.1, -0.05) is 19.1 Å². The molecule has 2 amide bonds. The second kappa shape index (κ2) is 7.49. The van der Waals surface area contributed by atoms with Crippen molar-refractivity contribution in [3.05, 3.63) is 24.3 Å². The third kappa shape index (κ3) is 4.24. The highest BCUT2D eigenvalue weighted by Gasteiger charge is 2.22. The van der Waals surface area contributed by atoms with Crippen molar-refractivity contribution in [2.45, 2.75) is 19.9 Å². The zero-order valence-electron chi connectivity index (χ0n) is 12.1. The lowest BCUT2D eigenvalue weighted by atomic mass is 10.2. The van der Waals surface area contributed by atoms with E-state index in [-0.39, 0.29) is 18.4 Å². The van der Waals surface area contributed by atoms with Gasteiger partial charge >= 0.3 is 0 Å². The van der Waals surface area contributed by atoms with E-state index in [9.17, 15) is 9.59 Å². The van der Waals surface area contributed by atoms with Crippen LogP contribution in [0.1, 0.15) is 13.8 Å². The van der Waals surface area contributed by atoms with Crippen LogP contribution in [-0.4, -0.2) is 42.9 Å². The highest BCUT2D eigenvalue weighted by Crippen LogP contribution is 2.17. The predicted molar refractivity (Wildman–Crippen MR) is 80.3 cm³/mol. The van der Waals surface area contributed by atoms with Crippen molar-refractivity contribution in [1.29, 1.82) is 0 Å². The molecule has 1 atom stereocenters. The lowest BCUT2D eigenvalue weighted by molar-refractivity contribution is -0.125. The highest BCUT2D eigenvalue weighted by molar-refractivity contribution is 5.97. The van der Waals surface area contributed by atoms with Crippen molar-refractivity contribution in [3.8, 4) is 0 Å². The zero-order valence-corrected chi connectivity index (χ0v) is 12.1. The molecule has 0 saturated heterocycles. The number of nitrogens with two attached hydrogens (primary N) is 1. The predicted octanol–water partition coefficient (Wildman–Crippen LogP) is 0.664. The highest BCUT2D eigenvalue weighted by atomic mass is 16.2. The number of rotatable bonds is 6. The minimum absolute atomic E-state index is 0.120. The molecule has 4 N–H and O–H groups in total. The maximum Gasteiger partial charge on any atom is 0.241 e. The number of nitrogens with zero attached hydrogens (tertiary/aromatic N) is 1. The van der Waals surface area contributed by atoms with Crippen LogP contribution < -0.4 is 16.4 Å². The third-order valence-corrected chi connectivity index (χ3v) is 3.18. The van der Waals surface area contributed by atoms with Crippen LogP contribution in [0.15, 0.2) is 24.3 Å². The normalized spacial score (nSPS) is 12.0. The van der Waals surface area contributed by atoms with Gasteiger partial charge in [-0.15, -0.1) is 0 Å². The van der Waals surface area contributed by atoms with Crippen LogP contribution in [0.3, 0.4) is 0 Å². The molecule has 0 aromatic heterocycles. The Bertz CT molecular complexity index is 476. The number of likely N-dealkylation sites (N-methyl/N-ethyl adjacent to an activating group) is 2. The molecule has 0 saturated carbocycles. The molecule has 0 spiro atoms. The number of para-hydroxylation sites is 2. The van der Waals surface area contributed by atoms with Gasteiger partial charge in [0.15, 0.2) is 0 Å². The summed E-state index contributed by atoms with van der Waals surface area (Å²) in [6.45, 7) is 4.46. The first-order valence-electron chi connectivity index (χ1n) is 6.59. The van der Waals surface area contributed by atoms with E-state index in [1.807, 2.05) is 6.92 Å². The average molecular weight is 278 g/mol. The fraction of sp³-hybridized carbons (Fsp3) is 0.429. The number of hydrogen-bond acceptors (Lipinski definition) is 4. The van der Waals surface area contributed by atoms with E-state index < -0.39 is 6.04 Å². The van der Waals surface area contributed by atoms with Gasteiger partial charge in [-0.05, 0) is 25.6 Å². The standard InChI is InChI=1S/C14H22N4O2/c1-4-18(9-13(19)16-3)10(2)14(20)17-12-8-6-5-7-11(12)15/h5-8,10H,4,9,15H2,1-3H3,(H,16,19)(H,17,20). The summed E-state index contributed by atoms with van der Waals surface area (Å²) in [7, 11) is 1.57. The first-order chi connectivity index (χ1) is 9.49. The van der Waals surface area contributed by atoms with Crippen LogP contribution in [0.25, 0.3) is 0 Å². The molecule has 0 aliphatic carbocycles. The second-order valence-corrected chi connectivity index (χ2v) is 4.49. The Labute approximate surface area is 119 Å².